The van der Waals surface area contributed by atoms with Crippen LogP contribution in [0.15, 0.2) is 79.9 Å². The predicted molar refractivity (Wildman–Crippen MR) is 200 cm³/mol. The Hall–Kier alpha value is -4.48. The van der Waals surface area contributed by atoms with Gasteiger partial charge in [-0.15, -0.1) is 13.2 Å². The molecule has 3 aliphatic heterocycles. The highest BCUT2D eigenvalue weighted by Gasteiger charge is 2.75. The van der Waals surface area contributed by atoms with Crippen molar-refractivity contribution in [2.75, 3.05) is 43.1 Å². The summed E-state index contributed by atoms with van der Waals surface area (Å²) in [6.07, 6.45) is 3.51. The van der Waals surface area contributed by atoms with Gasteiger partial charge in [-0.25, -0.2) is 0 Å². The number of esters is 1. The van der Waals surface area contributed by atoms with Gasteiger partial charge in [-0.2, -0.15) is 0 Å². The lowest BCUT2D eigenvalue weighted by molar-refractivity contribution is -0.165. The van der Waals surface area contributed by atoms with Crippen LogP contribution in [0, 0.1) is 11.8 Å². The lowest BCUT2D eigenvalue weighted by Gasteiger charge is -2.38. The first-order valence-corrected chi connectivity index (χ1v) is 18.5. The molecule has 0 aromatic heterocycles. The number of carbonyl (C=O) groups is 4. The van der Waals surface area contributed by atoms with E-state index in [4.69, 9.17) is 9.47 Å². The minimum Gasteiger partial charge on any atom is -0.455 e. The molecule has 52 heavy (non-hydrogen) atoms. The van der Waals surface area contributed by atoms with Crippen LogP contribution in [-0.4, -0.2) is 102 Å². The second-order valence-corrected chi connectivity index (χ2v) is 14.1. The summed E-state index contributed by atoms with van der Waals surface area (Å²) in [5.41, 5.74) is 1.08. The molecule has 2 bridgehead atoms. The van der Waals surface area contributed by atoms with Crippen molar-refractivity contribution >= 4 is 35.1 Å². The van der Waals surface area contributed by atoms with Gasteiger partial charge in [0, 0.05) is 44.5 Å². The molecule has 280 valence electrons. The Labute approximate surface area is 307 Å². The average molecular weight is 715 g/mol. The Morgan fingerprint density at radius 1 is 1.04 bits per heavy atom. The number of anilines is 2. The number of nitrogens with zero attached hydrogens (tertiary/aromatic N) is 4. The molecule has 5 rings (SSSR count). The second kappa shape index (κ2) is 16.5. The summed E-state index contributed by atoms with van der Waals surface area (Å²) in [5, 5.41) is 10.4. The summed E-state index contributed by atoms with van der Waals surface area (Å²) in [6.45, 7) is 16.8. The summed E-state index contributed by atoms with van der Waals surface area (Å²) in [6, 6.07) is 14.6. The van der Waals surface area contributed by atoms with Gasteiger partial charge in [0.2, 0.25) is 11.8 Å². The van der Waals surface area contributed by atoms with Crippen LogP contribution in [-0.2, 0) is 28.7 Å². The fourth-order valence-electron chi connectivity index (χ4n) is 8.36. The number of amides is 3. The first-order valence-electron chi connectivity index (χ1n) is 18.5. The van der Waals surface area contributed by atoms with Crippen molar-refractivity contribution in [3.05, 3.63) is 85.5 Å². The standard InChI is InChI=1S/C41H54N4O7/c1-8-12-18-33(47)42(7)28(6)36(29-16-14-13-15-17-29)51-40(50)34-32-23-24-41(52-32)35(34)38(48)45(27(5)26-46)37(41)39(49)44(25-9-2)31-21-19-30(20-22-31)43(10-3)11-4/h8-9,13-17,19-22,27-28,32,34-37,46H,1-2,10-12,18,23-26H2,3-7H3/t27-,28-,32+,34-,35-,36+,37+,41-/m1/s1. The van der Waals surface area contributed by atoms with Crippen LogP contribution in [0.4, 0.5) is 11.4 Å². The third-order valence-corrected chi connectivity index (χ3v) is 11.2. The molecule has 11 heteroatoms. The summed E-state index contributed by atoms with van der Waals surface area (Å²) in [7, 11) is 1.69. The number of likely N-dealkylation sites (tertiary alicyclic amines) is 1. The van der Waals surface area contributed by atoms with Gasteiger partial charge in [0.15, 0.2) is 0 Å². The van der Waals surface area contributed by atoms with Crippen LogP contribution in [0.2, 0.25) is 0 Å². The summed E-state index contributed by atoms with van der Waals surface area (Å²) >= 11 is 0. The van der Waals surface area contributed by atoms with Crippen molar-refractivity contribution < 1.29 is 33.8 Å². The Balaban J connectivity index is 1.48. The maximum Gasteiger partial charge on any atom is 0.313 e. The Kier molecular flexibility index (Phi) is 12.3. The topological polar surface area (TPSA) is 120 Å². The molecule has 3 heterocycles. The molecular formula is C41H54N4O7. The van der Waals surface area contributed by atoms with Gasteiger partial charge in [-0.05, 0) is 76.8 Å². The number of aliphatic hydroxyl groups excluding tert-OH is 1. The third kappa shape index (κ3) is 7.00. The molecule has 0 unspecified atom stereocenters. The number of aliphatic hydroxyl groups is 1. The van der Waals surface area contributed by atoms with Crippen LogP contribution in [0.25, 0.3) is 0 Å². The molecule has 1 spiro atoms. The fraction of sp³-hybridized carbons (Fsp3) is 0.512. The fourth-order valence-corrected chi connectivity index (χ4v) is 8.36. The van der Waals surface area contributed by atoms with Crippen molar-refractivity contribution in [2.24, 2.45) is 11.8 Å². The largest absolute Gasteiger partial charge is 0.455 e. The zero-order chi connectivity index (χ0) is 37.7. The Bertz CT molecular complexity index is 1610. The molecule has 0 saturated carbocycles. The number of ether oxygens (including phenoxy) is 2. The van der Waals surface area contributed by atoms with E-state index < -0.39 is 59.6 Å². The Morgan fingerprint density at radius 3 is 2.29 bits per heavy atom. The number of rotatable bonds is 17. The number of fused-ring (bicyclic) bond motifs is 1. The maximum atomic E-state index is 14.9. The van der Waals surface area contributed by atoms with Crippen molar-refractivity contribution in [1.82, 2.24) is 9.80 Å². The van der Waals surface area contributed by atoms with E-state index in [2.05, 4.69) is 31.9 Å². The number of likely N-dealkylation sites (N-methyl/N-ethyl adjacent to an activating group) is 1. The van der Waals surface area contributed by atoms with Gasteiger partial charge in [-0.1, -0.05) is 42.5 Å². The molecule has 1 N–H and O–H groups in total. The predicted octanol–water partition coefficient (Wildman–Crippen LogP) is 4.90. The summed E-state index contributed by atoms with van der Waals surface area (Å²) in [5.74, 6) is -3.47. The molecule has 0 radical (unpaired) electrons. The minimum absolute atomic E-state index is 0.112. The van der Waals surface area contributed by atoms with Gasteiger partial charge in [0.25, 0.3) is 5.91 Å². The molecule has 3 saturated heterocycles. The number of allylic oxidation sites excluding steroid dienone is 1. The normalized spacial score (nSPS) is 24.8. The van der Waals surface area contributed by atoms with Crippen LogP contribution in [0.3, 0.4) is 0 Å². The first kappa shape index (κ1) is 38.7. The van der Waals surface area contributed by atoms with E-state index in [9.17, 15) is 24.3 Å². The molecular weight excluding hydrogens is 660 g/mol. The van der Waals surface area contributed by atoms with Gasteiger partial charge in [-0.3, -0.25) is 19.2 Å². The van der Waals surface area contributed by atoms with E-state index in [1.807, 2.05) is 61.5 Å². The van der Waals surface area contributed by atoms with E-state index in [0.29, 0.717) is 30.5 Å². The monoisotopic (exact) mass is 714 g/mol. The Morgan fingerprint density at radius 2 is 1.69 bits per heavy atom. The van der Waals surface area contributed by atoms with E-state index in [0.717, 1.165) is 18.8 Å². The van der Waals surface area contributed by atoms with Crippen molar-refractivity contribution in [3.8, 4) is 0 Å². The third-order valence-electron chi connectivity index (χ3n) is 11.2. The highest BCUT2D eigenvalue weighted by Crippen LogP contribution is 2.59. The molecule has 2 aromatic carbocycles. The highest BCUT2D eigenvalue weighted by molar-refractivity contribution is 6.05. The lowest BCUT2D eigenvalue weighted by Crippen LogP contribution is -2.58. The zero-order valence-electron chi connectivity index (χ0n) is 31.1. The summed E-state index contributed by atoms with van der Waals surface area (Å²) in [4.78, 5) is 63.7. The van der Waals surface area contributed by atoms with Crippen molar-refractivity contribution in [1.29, 1.82) is 0 Å². The average Bonchev–Trinajstić information content (AvgIpc) is 3.82. The molecule has 11 nitrogen and oxygen atoms in total. The van der Waals surface area contributed by atoms with Crippen LogP contribution in [0.5, 0.6) is 0 Å². The molecule has 2 aromatic rings. The van der Waals surface area contributed by atoms with E-state index in [1.54, 1.807) is 35.9 Å². The summed E-state index contributed by atoms with van der Waals surface area (Å²) < 4.78 is 13.0. The minimum atomic E-state index is -1.29. The zero-order valence-corrected chi connectivity index (χ0v) is 31.1. The molecule has 3 aliphatic rings. The number of benzene rings is 2. The SMILES string of the molecule is C=CCCC(=O)N(C)[C@H](C)[C@H](OC(=O)[C@@H]1[C@@H]2CC[C@]3(O2)[C@H](C(=O)N(CC=C)c2ccc(N(CC)CC)cc2)N([C@H](C)CO)C(=O)[C@@H]13)c1ccccc1. The first-order chi connectivity index (χ1) is 25.0. The van der Waals surface area contributed by atoms with E-state index in [-0.39, 0.29) is 31.4 Å². The maximum absolute atomic E-state index is 14.9. The van der Waals surface area contributed by atoms with Crippen molar-refractivity contribution in [3.63, 3.8) is 0 Å². The van der Waals surface area contributed by atoms with Crippen molar-refractivity contribution in [2.45, 2.75) is 89.3 Å². The van der Waals surface area contributed by atoms with Gasteiger partial charge < -0.3 is 34.2 Å². The molecule has 3 fully saturated rings. The molecule has 3 amide bonds. The van der Waals surface area contributed by atoms with Gasteiger partial charge in [0.1, 0.15) is 17.7 Å². The molecule has 8 atom stereocenters. The molecule has 0 aliphatic carbocycles. The van der Waals surface area contributed by atoms with Crippen LogP contribution in [0.1, 0.15) is 65.0 Å². The van der Waals surface area contributed by atoms with E-state index >= 15 is 0 Å². The smallest absolute Gasteiger partial charge is 0.313 e. The van der Waals surface area contributed by atoms with Gasteiger partial charge in [0.05, 0.1) is 36.6 Å². The highest BCUT2D eigenvalue weighted by atomic mass is 16.6. The van der Waals surface area contributed by atoms with E-state index in [1.165, 1.54) is 4.90 Å². The van der Waals surface area contributed by atoms with Crippen LogP contribution < -0.4 is 9.80 Å². The quantitative estimate of drug-likeness (QED) is 0.182. The number of hydrogen-bond donors (Lipinski definition) is 1. The van der Waals surface area contributed by atoms with Crippen LogP contribution >= 0.6 is 0 Å². The number of hydrogen-bond acceptors (Lipinski definition) is 8. The second-order valence-electron chi connectivity index (χ2n) is 14.1. The van der Waals surface area contributed by atoms with Gasteiger partial charge >= 0.3 is 5.97 Å². The lowest BCUT2D eigenvalue weighted by atomic mass is 9.70. The number of carbonyl (C=O) groups excluding carboxylic acids is 4.